The van der Waals surface area contributed by atoms with Crippen molar-refractivity contribution in [3.8, 4) is 0 Å². The van der Waals surface area contributed by atoms with Crippen molar-refractivity contribution in [2.24, 2.45) is 28.1 Å². The lowest BCUT2D eigenvalue weighted by atomic mass is 9.86. The zero-order valence-electron chi connectivity index (χ0n) is 18.4. The van der Waals surface area contributed by atoms with Gasteiger partial charge in [0.25, 0.3) is 0 Å². The molecule has 144 valence electrons. The summed E-state index contributed by atoms with van der Waals surface area (Å²) in [5.74, 6) is 1.69. The molecule has 0 rings (SSSR count). The summed E-state index contributed by atoms with van der Waals surface area (Å²) in [6.07, 6.45) is 2.65. The van der Waals surface area contributed by atoms with E-state index in [9.17, 15) is 0 Å². The van der Waals surface area contributed by atoms with Gasteiger partial charge in [0.05, 0.1) is 13.2 Å². The van der Waals surface area contributed by atoms with E-state index in [1.807, 2.05) is 0 Å². The summed E-state index contributed by atoms with van der Waals surface area (Å²) in [5, 5.41) is 16.9. The lowest BCUT2D eigenvalue weighted by Crippen LogP contribution is -2.20. The highest BCUT2D eigenvalue weighted by molar-refractivity contribution is 4.63. The van der Waals surface area contributed by atoms with E-state index in [4.69, 9.17) is 10.2 Å². The molecule has 0 aliphatic carbocycles. The number of rotatable bonds is 4. The Hall–Kier alpha value is -0.0800. The van der Waals surface area contributed by atoms with Crippen molar-refractivity contribution in [2.75, 3.05) is 13.2 Å². The molecule has 2 N–H and O–H groups in total. The molecule has 2 nitrogen and oxygen atoms in total. The third-order valence-electron chi connectivity index (χ3n) is 2.90. The van der Waals surface area contributed by atoms with E-state index in [1.165, 1.54) is 12.8 Å². The number of hydrogen-bond acceptors (Lipinski definition) is 2. The maximum atomic E-state index is 8.43. The Kier molecular flexibility index (Phi) is 14.8. The summed E-state index contributed by atoms with van der Waals surface area (Å²) in [5.41, 5.74) is 0.738. The van der Waals surface area contributed by atoms with Crippen LogP contribution < -0.4 is 0 Å². The summed E-state index contributed by atoms with van der Waals surface area (Å²) in [7, 11) is 0. The molecule has 0 spiro atoms. The van der Waals surface area contributed by atoms with E-state index < -0.39 is 0 Å². The van der Waals surface area contributed by atoms with Crippen molar-refractivity contribution in [3.05, 3.63) is 0 Å². The maximum Gasteiger partial charge on any atom is 0.0504 e. The molecule has 0 aromatic carbocycles. The van der Waals surface area contributed by atoms with Crippen molar-refractivity contribution in [2.45, 2.75) is 95.9 Å². The van der Waals surface area contributed by atoms with Crippen molar-refractivity contribution < 1.29 is 10.2 Å². The van der Waals surface area contributed by atoms with E-state index >= 15 is 0 Å². The van der Waals surface area contributed by atoms with Crippen LogP contribution in [0.5, 0.6) is 0 Å². The van der Waals surface area contributed by atoms with Crippen LogP contribution in [0.25, 0.3) is 0 Å². The van der Waals surface area contributed by atoms with Gasteiger partial charge in [-0.1, -0.05) is 83.1 Å². The molecule has 0 aromatic heterocycles. The van der Waals surface area contributed by atoms with E-state index in [1.54, 1.807) is 13.8 Å². The van der Waals surface area contributed by atoms with Crippen LogP contribution in [-0.2, 0) is 0 Å². The molecular weight excluding hydrogens is 284 g/mol. The highest BCUT2D eigenvalue weighted by Gasteiger charge is 2.13. The Bertz CT molecular complexity index is 226. The second kappa shape index (κ2) is 12.3. The molecule has 0 heterocycles. The lowest BCUT2D eigenvalue weighted by Gasteiger charge is -2.20. The standard InChI is InChI=1S/2C8H18.C5H12O2/c2*1-7(2)6-8(3,4)5;1-5(2,3-6)4-7/h2*7H,6H2,1-5H3;6-7H,3-4H2,1-2H3. The second-order valence-corrected chi connectivity index (χ2v) is 10.8. The first-order valence-electron chi connectivity index (χ1n) is 9.17. The largest absolute Gasteiger partial charge is 0.396 e. The van der Waals surface area contributed by atoms with Crippen LogP contribution in [0.1, 0.15) is 95.9 Å². The minimum Gasteiger partial charge on any atom is -0.396 e. The monoisotopic (exact) mass is 332 g/mol. The summed E-state index contributed by atoms with van der Waals surface area (Å²) < 4.78 is 0. The molecule has 0 atom stereocenters. The number of aliphatic hydroxyl groups excluding tert-OH is 2. The number of aliphatic hydroxyl groups is 2. The molecule has 23 heavy (non-hydrogen) atoms. The van der Waals surface area contributed by atoms with Crippen molar-refractivity contribution >= 4 is 0 Å². The van der Waals surface area contributed by atoms with Gasteiger partial charge >= 0.3 is 0 Å². The van der Waals surface area contributed by atoms with E-state index in [-0.39, 0.29) is 18.6 Å². The summed E-state index contributed by atoms with van der Waals surface area (Å²) >= 11 is 0. The molecule has 0 saturated heterocycles. The smallest absolute Gasteiger partial charge is 0.0504 e. The van der Waals surface area contributed by atoms with Crippen LogP contribution in [0.15, 0.2) is 0 Å². The quantitative estimate of drug-likeness (QED) is 0.647. The third-order valence-corrected chi connectivity index (χ3v) is 2.90. The van der Waals surface area contributed by atoms with Crippen LogP contribution in [-0.4, -0.2) is 23.4 Å². The molecule has 0 saturated carbocycles. The highest BCUT2D eigenvalue weighted by atomic mass is 16.3. The summed E-state index contributed by atoms with van der Waals surface area (Å²) in [6, 6.07) is 0. The normalized spacial score (nSPS) is 12.5. The van der Waals surface area contributed by atoms with Gasteiger partial charge in [-0.2, -0.15) is 0 Å². The molecule has 0 bridgehead atoms. The first-order chi connectivity index (χ1) is 9.95. The zero-order chi connectivity index (χ0) is 19.5. The average molecular weight is 333 g/mol. The molecule has 0 unspecified atom stereocenters. The number of hydrogen-bond donors (Lipinski definition) is 2. The van der Waals surface area contributed by atoms with E-state index in [0.29, 0.717) is 10.8 Å². The van der Waals surface area contributed by atoms with Crippen molar-refractivity contribution in [1.29, 1.82) is 0 Å². The molecule has 0 aliphatic heterocycles. The molecule has 0 radical (unpaired) electrons. The van der Waals surface area contributed by atoms with Crippen LogP contribution in [0, 0.1) is 28.1 Å². The Morgan fingerprint density at radius 3 is 0.783 bits per heavy atom. The fourth-order valence-corrected chi connectivity index (χ4v) is 2.50. The molecule has 2 heteroatoms. The van der Waals surface area contributed by atoms with Crippen LogP contribution >= 0.6 is 0 Å². The minimum absolute atomic E-state index is 0.0451. The summed E-state index contributed by atoms with van der Waals surface area (Å²) in [6.45, 7) is 26.5. The van der Waals surface area contributed by atoms with Gasteiger partial charge in [-0.05, 0) is 35.5 Å². The first kappa shape index (κ1) is 27.8. The topological polar surface area (TPSA) is 40.5 Å². The second-order valence-electron chi connectivity index (χ2n) is 10.8. The molecule has 0 aromatic rings. The molecule has 0 aliphatic rings. The van der Waals surface area contributed by atoms with E-state index in [2.05, 4.69) is 69.2 Å². The van der Waals surface area contributed by atoms with Crippen LogP contribution in [0.4, 0.5) is 0 Å². The molecule has 0 fully saturated rings. The Morgan fingerprint density at radius 2 is 0.783 bits per heavy atom. The minimum atomic E-state index is -0.306. The van der Waals surface area contributed by atoms with Gasteiger partial charge in [0.15, 0.2) is 0 Å². The van der Waals surface area contributed by atoms with Crippen molar-refractivity contribution in [1.82, 2.24) is 0 Å². The third kappa shape index (κ3) is 34.3. The molecular formula is C21H48O2. The van der Waals surface area contributed by atoms with Gasteiger partial charge in [0.1, 0.15) is 0 Å². The maximum absolute atomic E-state index is 8.43. The predicted molar refractivity (Wildman–Crippen MR) is 106 cm³/mol. The van der Waals surface area contributed by atoms with Gasteiger partial charge in [0.2, 0.25) is 0 Å². The molecule has 0 amide bonds. The summed E-state index contributed by atoms with van der Waals surface area (Å²) in [4.78, 5) is 0. The Labute approximate surface area is 148 Å². The van der Waals surface area contributed by atoms with Gasteiger partial charge in [-0.15, -0.1) is 0 Å². The van der Waals surface area contributed by atoms with Gasteiger partial charge in [0, 0.05) is 5.41 Å². The average Bonchev–Trinajstić information content (AvgIpc) is 2.23. The fraction of sp³-hybridized carbons (Fsp3) is 1.00. The van der Waals surface area contributed by atoms with Crippen LogP contribution in [0.3, 0.4) is 0 Å². The van der Waals surface area contributed by atoms with Gasteiger partial charge in [-0.3, -0.25) is 0 Å². The highest BCUT2D eigenvalue weighted by Crippen LogP contribution is 2.23. The predicted octanol–water partition coefficient (Wildman–Crippen LogP) is 6.15. The van der Waals surface area contributed by atoms with E-state index in [0.717, 1.165) is 11.8 Å². The first-order valence-corrected chi connectivity index (χ1v) is 9.17. The lowest BCUT2D eigenvalue weighted by molar-refractivity contribution is 0.0857. The Balaban J connectivity index is -0.000000262. The fourth-order valence-electron chi connectivity index (χ4n) is 2.50. The SMILES string of the molecule is CC(C)(CO)CO.CC(C)CC(C)(C)C.CC(C)CC(C)(C)C. The van der Waals surface area contributed by atoms with Gasteiger partial charge in [-0.25, -0.2) is 0 Å². The van der Waals surface area contributed by atoms with Gasteiger partial charge < -0.3 is 10.2 Å². The van der Waals surface area contributed by atoms with Crippen LogP contribution in [0.2, 0.25) is 0 Å². The zero-order valence-corrected chi connectivity index (χ0v) is 18.4. The van der Waals surface area contributed by atoms with Crippen molar-refractivity contribution in [3.63, 3.8) is 0 Å². The Morgan fingerprint density at radius 1 is 0.565 bits per heavy atom.